The van der Waals surface area contributed by atoms with Crippen LogP contribution in [0.3, 0.4) is 0 Å². The highest BCUT2D eigenvalue weighted by Gasteiger charge is 2.30. The number of rotatable bonds is 2. The molecule has 0 aliphatic carbocycles. The Balaban J connectivity index is 1.75. The molecular formula is C16H21ClN2O. The van der Waals surface area contributed by atoms with Crippen LogP contribution in [0.5, 0.6) is 0 Å². The quantitative estimate of drug-likeness (QED) is 0.783. The van der Waals surface area contributed by atoms with Crippen LogP contribution in [0.25, 0.3) is 0 Å². The zero-order chi connectivity index (χ0) is 13.9. The van der Waals surface area contributed by atoms with Crippen molar-refractivity contribution in [2.45, 2.75) is 31.2 Å². The number of hydrogen-bond acceptors (Lipinski definition) is 2. The van der Waals surface area contributed by atoms with E-state index in [0.717, 1.165) is 37.2 Å². The maximum absolute atomic E-state index is 12.7. The number of halogens is 1. The third kappa shape index (κ3) is 2.84. The van der Waals surface area contributed by atoms with E-state index in [2.05, 4.69) is 4.90 Å². The molecule has 2 aliphatic heterocycles. The minimum absolute atomic E-state index is 0.158. The molecule has 0 N–H and O–H groups in total. The Bertz CT molecular complexity index is 491. The first kappa shape index (κ1) is 13.9. The monoisotopic (exact) mass is 292 g/mol. The number of nitrogens with zero attached hydrogens (tertiary/aromatic N) is 2. The Morgan fingerprint density at radius 1 is 1.25 bits per heavy atom. The van der Waals surface area contributed by atoms with Crippen molar-refractivity contribution in [3.8, 4) is 0 Å². The zero-order valence-corrected chi connectivity index (χ0v) is 12.5. The molecule has 2 aliphatic rings. The minimum atomic E-state index is 0.158. The van der Waals surface area contributed by atoms with E-state index in [1.54, 1.807) is 0 Å². The molecule has 1 atom stereocenters. The van der Waals surface area contributed by atoms with Gasteiger partial charge in [0.1, 0.15) is 0 Å². The normalized spacial score (nSPS) is 23.4. The topological polar surface area (TPSA) is 23.6 Å². The van der Waals surface area contributed by atoms with Crippen LogP contribution < -0.4 is 0 Å². The van der Waals surface area contributed by atoms with E-state index in [-0.39, 0.29) is 5.91 Å². The van der Waals surface area contributed by atoms with Crippen molar-refractivity contribution in [1.29, 1.82) is 0 Å². The van der Waals surface area contributed by atoms with E-state index >= 15 is 0 Å². The third-order valence-corrected chi connectivity index (χ3v) is 4.73. The third-order valence-electron chi connectivity index (χ3n) is 4.42. The molecule has 3 rings (SSSR count). The number of carbonyl (C=O) groups excluding carboxylic acids is 1. The molecule has 0 bridgehead atoms. The first-order valence-corrected chi connectivity index (χ1v) is 7.99. The van der Waals surface area contributed by atoms with Crippen molar-refractivity contribution in [1.82, 2.24) is 9.80 Å². The largest absolute Gasteiger partial charge is 0.337 e. The molecule has 3 nitrogen and oxygen atoms in total. The van der Waals surface area contributed by atoms with Gasteiger partial charge in [0.05, 0.1) is 0 Å². The van der Waals surface area contributed by atoms with Crippen LogP contribution in [0.1, 0.15) is 35.2 Å². The van der Waals surface area contributed by atoms with E-state index < -0.39 is 0 Å². The molecule has 108 valence electrons. The van der Waals surface area contributed by atoms with Crippen molar-refractivity contribution in [3.63, 3.8) is 0 Å². The molecule has 2 fully saturated rings. The van der Waals surface area contributed by atoms with Crippen molar-refractivity contribution in [2.24, 2.45) is 0 Å². The molecule has 1 unspecified atom stereocenters. The summed E-state index contributed by atoms with van der Waals surface area (Å²) in [5.74, 6) is 0.614. The summed E-state index contributed by atoms with van der Waals surface area (Å²) in [4.78, 5) is 17.2. The summed E-state index contributed by atoms with van der Waals surface area (Å²) in [6.07, 6.45) is 3.58. The molecule has 0 radical (unpaired) electrons. The lowest BCUT2D eigenvalue weighted by Crippen LogP contribution is -2.39. The molecule has 2 heterocycles. The number of alkyl halides is 1. The van der Waals surface area contributed by atoms with Crippen LogP contribution in [0, 0.1) is 0 Å². The highest BCUT2D eigenvalue weighted by Crippen LogP contribution is 2.22. The number of fused-ring (bicyclic) bond motifs is 1. The molecule has 1 aromatic rings. The Kier molecular flexibility index (Phi) is 4.27. The van der Waals surface area contributed by atoms with Crippen molar-refractivity contribution in [3.05, 3.63) is 35.4 Å². The first-order chi connectivity index (χ1) is 9.78. The van der Waals surface area contributed by atoms with Crippen LogP contribution in [0.4, 0.5) is 0 Å². The second-order valence-electron chi connectivity index (χ2n) is 5.77. The van der Waals surface area contributed by atoms with Gasteiger partial charge in [-0.15, -0.1) is 11.6 Å². The van der Waals surface area contributed by atoms with Gasteiger partial charge >= 0.3 is 0 Å². The Morgan fingerprint density at radius 2 is 2.10 bits per heavy atom. The van der Waals surface area contributed by atoms with E-state index in [0.29, 0.717) is 11.9 Å². The first-order valence-electron chi connectivity index (χ1n) is 7.46. The predicted molar refractivity (Wildman–Crippen MR) is 81.1 cm³/mol. The molecule has 2 saturated heterocycles. The summed E-state index contributed by atoms with van der Waals surface area (Å²) in [5, 5.41) is 0. The van der Waals surface area contributed by atoms with E-state index in [1.165, 1.54) is 19.4 Å². The molecule has 0 saturated carbocycles. The van der Waals surface area contributed by atoms with Gasteiger partial charge in [0.15, 0.2) is 0 Å². The number of hydrogen-bond donors (Lipinski definition) is 0. The van der Waals surface area contributed by atoms with Crippen molar-refractivity contribution >= 4 is 17.5 Å². The van der Waals surface area contributed by atoms with Gasteiger partial charge in [0.2, 0.25) is 0 Å². The van der Waals surface area contributed by atoms with Gasteiger partial charge in [0.25, 0.3) is 5.91 Å². The molecule has 0 spiro atoms. The zero-order valence-electron chi connectivity index (χ0n) is 11.7. The standard InChI is InChI=1S/C16H21ClN2O/c17-11-13-4-1-5-14(10-13)16(20)19-9-3-8-18-7-2-6-15(18)12-19/h1,4-5,10,15H,2-3,6-9,11-12H2. The van der Waals surface area contributed by atoms with Gasteiger partial charge in [0, 0.05) is 37.1 Å². The maximum atomic E-state index is 12.7. The van der Waals surface area contributed by atoms with Gasteiger partial charge in [-0.2, -0.15) is 0 Å². The second kappa shape index (κ2) is 6.15. The summed E-state index contributed by atoms with van der Waals surface area (Å²) >= 11 is 5.86. The highest BCUT2D eigenvalue weighted by molar-refractivity contribution is 6.17. The molecule has 0 aromatic heterocycles. The number of carbonyl (C=O) groups is 1. The number of amides is 1. The minimum Gasteiger partial charge on any atom is -0.337 e. The van der Waals surface area contributed by atoms with Gasteiger partial charge < -0.3 is 4.90 Å². The van der Waals surface area contributed by atoms with E-state index in [9.17, 15) is 4.79 Å². The summed E-state index contributed by atoms with van der Waals surface area (Å²) in [7, 11) is 0. The van der Waals surface area contributed by atoms with Crippen molar-refractivity contribution in [2.75, 3.05) is 26.2 Å². The molecule has 4 heteroatoms. The lowest BCUT2D eigenvalue weighted by Gasteiger charge is -2.25. The average Bonchev–Trinajstić information content (AvgIpc) is 2.83. The SMILES string of the molecule is O=C(c1cccc(CCl)c1)N1CCCN2CCCC2C1. The molecular weight excluding hydrogens is 272 g/mol. The smallest absolute Gasteiger partial charge is 0.253 e. The molecule has 1 aromatic carbocycles. The summed E-state index contributed by atoms with van der Waals surface area (Å²) < 4.78 is 0. The van der Waals surface area contributed by atoms with E-state index in [1.807, 2.05) is 29.2 Å². The molecule has 20 heavy (non-hydrogen) atoms. The fourth-order valence-electron chi connectivity index (χ4n) is 3.36. The van der Waals surface area contributed by atoms with Crippen LogP contribution in [-0.4, -0.2) is 47.9 Å². The van der Waals surface area contributed by atoms with Gasteiger partial charge in [-0.3, -0.25) is 9.69 Å². The highest BCUT2D eigenvalue weighted by atomic mass is 35.5. The number of benzene rings is 1. The summed E-state index contributed by atoms with van der Waals surface area (Å²) in [6.45, 7) is 4.09. The molecule has 1 amide bonds. The van der Waals surface area contributed by atoms with Gasteiger partial charge in [-0.25, -0.2) is 0 Å². The Morgan fingerprint density at radius 3 is 2.95 bits per heavy atom. The van der Waals surface area contributed by atoms with Crippen LogP contribution >= 0.6 is 11.6 Å². The average molecular weight is 293 g/mol. The Labute approximate surface area is 125 Å². The van der Waals surface area contributed by atoms with Gasteiger partial charge in [-0.1, -0.05) is 12.1 Å². The second-order valence-corrected chi connectivity index (χ2v) is 6.04. The van der Waals surface area contributed by atoms with Crippen LogP contribution in [0.2, 0.25) is 0 Å². The lowest BCUT2D eigenvalue weighted by molar-refractivity contribution is 0.0743. The summed E-state index contributed by atoms with van der Waals surface area (Å²) in [6, 6.07) is 8.27. The summed E-state index contributed by atoms with van der Waals surface area (Å²) in [5.41, 5.74) is 1.78. The fraction of sp³-hybridized carbons (Fsp3) is 0.562. The maximum Gasteiger partial charge on any atom is 0.253 e. The lowest BCUT2D eigenvalue weighted by atomic mass is 10.1. The van der Waals surface area contributed by atoms with E-state index in [4.69, 9.17) is 11.6 Å². The van der Waals surface area contributed by atoms with Crippen molar-refractivity contribution < 1.29 is 4.79 Å². The van der Waals surface area contributed by atoms with Crippen LogP contribution in [0.15, 0.2) is 24.3 Å². The Hall–Kier alpha value is -1.06. The van der Waals surface area contributed by atoms with Gasteiger partial charge in [-0.05, 0) is 43.5 Å². The van der Waals surface area contributed by atoms with Crippen LogP contribution in [-0.2, 0) is 5.88 Å². The fourth-order valence-corrected chi connectivity index (χ4v) is 3.53. The predicted octanol–water partition coefficient (Wildman–Crippen LogP) is 2.74.